The molecule has 2 fully saturated rings. The van der Waals surface area contributed by atoms with Crippen molar-refractivity contribution in [1.29, 1.82) is 0 Å². The van der Waals surface area contributed by atoms with Gasteiger partial charge in [-0.05, 0) is 55.2 Å². The summed E-state index contributed by atoms with van der Waals surface area (Å²) >= 11 is 0. The van der Waals surface area contributed by atoms with Gasteiger partial charge < -0.3 is 10.6 Å². The number of carbonyl (C=O) groups excluding carboxylic acids is 1. The summed E-state index contributed by atoms with van der Waals surface area (Å²) in [6.45, 7) is 0.367. The third-order valence-corrected chi connectivity index (χ3v) is 3.90. The van der Waals surface area contributed by atoms with Gasteiger partial charge in [0, 0.05) is 12.6 Å². The third kappa shape index (κ3) is 3.46. The normalized spacial score (nSPS) is 18.4. The Bertz CT molecular complexity index is 457. The summed E-state index contributed by atoms with van der Waals surface area (Å²) in [6, 6.07) is 6.53. The first-order valence-corrected chi connectivity index (χ1v) is 7.01. The molecule has 19 heavy (non-hydrogen) atoms. The lowest BCUT2D eigenvalue weighted by Crippen LogP contribution is -2.44. The summed E-state index contributed by atoms with van der Waals surface area (Å²) in [4.78, 5) is 11.9. The van der Waals surface area contributed by atoms with Crippen molar-refractivity contribution in [1.82, 2.24) is 10.6 Å². The largest absolute Gasteiger partial charge is 0.335 e. The standard InChI is InChI=1S/C15H19FN2O/c16-13-3-1-2-10(8-13)9-17-15(19)18-14(11-4-5-11)12-6-7-12/h1-3,8,11-12,14H,4-7,9H2,(H2,17,18,19). The van der Waals surface area contributed by atoms with Crippen LogP contribution in [0.25, 0.3) is 0 Å². The Morgan fingerprint density at radius 1 is 1.26 bits per heavy atom. The Hall–Kier alpha value is -1.58. The van der Waals surface area contributed by atoms with Gasteiger partial charge in [-0.2, -0.15) is 0 Å². The van der Waals surface area contributed by atoms with Crippen molar-refractivity contribution >= 4 is 6.03 Å². The third-order valence-electron chi connectivity index (χ3n) is 3.90. The van der Waals surface area contributed by atoms with Gasteiger partial charge in [0.05, 0.1) is 0 Å². The van der Waals surface area contributed by atoms with E-state index >= 15 is 0 Å². The second-order valence-corrected chi connectivity index (χ2v) is 5.66. The summed E-state index contributed by atoms with van der Waals surface area (Å²) in [6.07, 6.45) is 4.97. The molecular weight excluding hydrogens is 243 g/mol. The number of hydrogen-bond donors (Lipinski definition) is 2. The van der Waals surface area contributed by atoms with Crippen molar-refractivity contribution in [3.8, 4) is 0 Å². The molecule has 3 nitrogen and oxygen atoms in total. The summed E-state index contributed by atoms with van der Waals surface area (Å²) in [7, 11) is 0. The van der Waals surface area contributed by atoms with E-state index in [4.69, 9.17) is 0 Å². The molecule has 0 heterocycles. The molecule has 2 aliphatic carbocycles. The van der Waals surface area contributed by atoms with E-state index in [0.717, 1.165) is 5.56 Å². The first kappa shape index (κ1) is 12.5. The fraction of sp³-hybridized carbons (Fsp3) is 0.533. The van der Waals surface area contributed by atoms with Crippen LogP contribution in [-0.4, -0.2) is 12.1 Å². The molecule has 0 bridgehead atoms. The van der Waals surface area contributed by atoms with Crippen LogP contribution in [0.15, 0.2) is 24.3 Å². The zero-order valence-corrected chi connectivity index (χ0v) is 10.9. The maximum atomic E-state index is 13.0. The van der Waals surface area contributed by atoms with E-state index in [1.165, 1.54) is 37.8 Å². The van der Waals surface area contributed by atoms with Gasteiger partial charge in [0.15, 0.2) is 0 Å². The first-order chi connectivity index (χ1) is 9.22. The van der Waals surface area contributed by atoms with Crippen molar-refractivity contribution < 1.29 is 9.18 Å². The average molecular weight is 262 g/mol. The second-order valence-electron chi connectivity index (χ2n) is 5.66. The monoisotopic (exact) mass is 262 g/mol. The first-order valence-electron chi connectivity index (χ1n) is 7.01. The number of urea groups is 1. The lowest BCUT2D eigenvalue weighted by Gasteiger charge is -2.18. The minimum absolute atomic E-state index is 0.131. The number of hydrogen-bond acceptors (Lipinski definition) is 1. The SMILES string of the molecule is O=C(NCc1cccc(F)c1)NC(C1CC1)C1CC1. The van der Waals surface area contributed by atoms with Gasteiger partial charge in [-0.15, -0.1) is 0 Å². The van der Waals surface area contributed by atoms with Gasteiger partial charge in [0.25, 0.3) is 0 Å². The van der Waals surface area contributed by atoms with Crippen molar-refractivity contribution in [2.75, 3.05) is 0 Å². The quantitative estimate of drug-likeness (QED) is 0.841. The molecule has 102 valence electrons. The molecule has 3 rings (SSSR count). The molecule has 0 spiro atoms. The van der Waals surface area contributed by atoms with Gasteiger partial charge in [-0.3, -0.25) is 0 Å². The van der Waals surface area contributed by atoms with E-state index in [0.29, 0.717) is 24.4 Å². The lowest BCUT2D eigenvalue weighted by atomic mass is 10.1. The molecule has 0 unspecified atom stereocenters. The number of rotatable bonds is 5. The molecule has 2 amide bonds. The fourth-order valence-electron chi connectivity index (χ4n) is 2.56. The smallest absolute Gasteiger partial charge is 0.315 e. The molecule has 2 aliphatic rings. The number of carbonyl (C=O) groups is 1. The molecule has 0 radical (unpaired) electrons. The Morgan fingerprint density at radius 3 is 2.53 bits per heavy atom. The van der Waals surface area contributed by atoms with E-state index in [2.05, 4.69) is 10.6 Å². The molecule has 2 N–H and O–H groups in total. The van der Waals surface area contributed by atoms with Gasteiger partial charge in [0.2, 0.25) is 0 Å². The predicted octanol–water partition coefficient (Wildman–Crippen LogP) is 2.81. The molecule has 1 aromatic carbocycles. The molecule has 0 atom stereocenters. The Morgan fingerprint density at radius 2 is 1.95 bits per heavy atom. The van der Waals surface area contributed by atoms with Crippen LogP contribution in [0.4, 0.5) is 9.18 Å². The molecule has 0 aromatic heterocycles. The van der Waals surface area contributed by atoms with Crippen LogP contribution in [0.3, 0.4) is 0 Å². The van der Waals surface area contributed by atoms with E-state index in [1.807, 2.05) is 6.07 Å². The zero-order chi connectivity index (χ0) is 13.2. The topological polar surface area (TPSA) is 41.1 Å². The van der Waals surface area contributed by atoms with Crippen LogP contribution in [0, 0.1) is 17.7 Å². The highest BCUT2D eigenvalue weighted by atomic mass is 19.1. The van der Waals surface area contributed by atoms with E-state index < -0.39 is 0 Å². The molecule has 1 aromatic rings. The summed E-state index contributed by atoms with van der Waals surface area (Å²) in [5.74, 6) is 1.10. The van der Waals surface area contributed by atoms with Crippen LogP contribution >= 0.6 is 0 Å². The Balaban J connectivity index is 1.48. The maximum absolute atomic E-state index is 13.0. The highest BCUT2D eigenvalue weighted by Crippen LogP contribution is 2.44. The highest BCUT2D eigenvalue weighted by molar-refractivity contribution is 5.74. The lowest BCUT2D eigenvalue weighted by molar-refractivity contribution is 0.233. The van der Waals surface area contributed by atoms with E-state index in [9.17, 15) is 9.18 Å². The maximum Gasteiger partial charge on any atom is 0.315 e. The van der Waals surface area contributed by atoms with Crippen LogP contribution < -0.4 is 10.6 Å². The highest BCUT2D eigenvalue weighted by Gasteiger charge is 2.42. The Kier molecular flexibility index (Phi) is 3.40. The average Bonchev–Trinajstić information content (AvgIpc) is 3.27. The molecular formula is C15H19FN2O. The van der Waals surface area contributed by atoms with Gasteiger partial charge in [-0.1, -0.05) is 12.1 Å². The summed E-state index contributed by atoms with van der Waals surface area (Å²) < 4.78 is 13.0. The summed E-state index contributed by atoms with van der Waals surface area (Å²) in [5, 5.41) is 5.89. The van der Waals surface area contributed by atoms with Gasteiger partial charge in [0.1, 0.15) is 5.82 Å². The van der Waals surface area contributed by atoms with Crippen LogP contribution in [-0.2, 0) is 6.54 Å². The minimum Gasteiger partial charge on any atom is -0.335 e. The van der Waals surface area contributed by atoms with Crippen molar-refractivity contribution in [3.05, 3.63) is 35.6 Å². The van der Waals surface area contributed by atoms with E-state index in [-0.39, 0.29) is 11.8 Å². The van der Waals surface area contributed by atoms with Crippen molar-refractivity contribution in [2.24, 2.45) is 11.8 Å². The van der Waals surface area contributed by atoms with E-state index in [1.54, 1.807) is 6.07 Å². The van der Waals surface area contributed by atoms with Crippen LogP contribution in [0.2, 0.25) is 0 Å². The molecule has 0 saturated heterocycles. The van der Waals surface area contributed by atoms with Crippen LogP contribution in [0.5, 0.6) is 0 Å². The number of benzene rings is 1. The molecule has 0 aliphatic heterocycles. The van der Waals surface area contributed by atoms with Crippen molar-refractivity contribution in [3.63, 3.8) is 0 Å². The Labute approximate surface area is 112 Å². The zero-order valence-electron chi connectivity index (χ0n) is 10.9. The summed E-state index contributed by atoms with van der Waals surface area (Å²) in [5.41, 5.74) is 0.782. The minimum atomic E-state index is -0.270. The fourth-order valence-corrected chi connectivity index (χ4v) is 2.56. The number of amides is 2. The van der Waals surface area contributed by atoms with Crippen molar-refractivity contribution in [2.45, 2.75) is 38.3 Å². The van der Waals surface area contributed by atoms with Gasteiger partial charge in [-0.25, -0.2) is 9.18 Å². The van der Waals surface area contributed by atoms with Crippen LogP contribution in [0.1, 0.15) is 31.2 Å². The predicted molar refractivity (Wildman–Crippen MR) is 71.0 cm³/mol. The number of halogens is 1. The second kappa shape index (κ2) is 5.19. The molecule has 4 heteroatoms. The number of nitrogens with one attached hydrogen (secondary N) is 2. The van der Waals surface area contributed by atoms with Gasteiger partial charge >= 0.3 is 6.03 Å². The molecule has 2 saturated carbocycles.